The average Bonchev–Trinajstić information content (AvgIpc) is 2.94. The number of hydrogen-bond donors (Lipinski definition) is 1. The number of carbonyl (C=O) groups is 2. The first-order valence-corrected chi connectivity index (χ1v) is 10.2. The van der Waals surface area contributed by atoms with E-state index in [1.807, 2.05) is 11.5 Å². The van der Waals surface area contributed by atoms with Gasteiger partial charge in [0.25, 0.3) is 0 Å². The van der Waals surface area contributed by atoms with Crippen LogP contribution >= 0.6 is 11.6 Å². The molecule has 0 saturated heterocycles. The summed E-state index contributed by atoms with van der Waals surface area (Å²) in [6, 6.07) is 5.39. The second kappa shape index (κ2) is 8.72. The highest BCUT2D eigenvalue weighted by Gasteiger charge is 2.21. The van der Waals surface area contributed by atoms with Gasteiger partial charge in [-0.1, -0.05) is 17.7 Å². The van der Waals surface area contributed by atoms with Gasteiger partial charge in [0.05, 0.1) is 15.5 Å². The number of halogens is 1. The van der Waals surface area contributed by atoms with Gasteiger partial charge in [-0.25, -0.2) is 17.9 Å². The van der Waals surface area contributed by atoms with Gasteiger partial charge < -0.3 is 9.30 Å². The number of nitrogens with zero attached hydrogens (tertiary/aromatic N) is 1. The Bertz CT molecular complexity index is 1040. The van der Waals surface area contributed by atoms with Gasteiger partial charge in [0.2, 0.25) is 15.8 Å². The van der Waals surface area contributed by atoms with Crippen LogP contribution in [0.15, 0.2) is 41.8 Å². The standard InChI is InChI=1S/C19H21ClN2O5S/c1-5-8-22-12(2)9-15(13(22)3)18(23)11-27-19(24)16-10-14(6-7-17(16)20)28(25,26)21-4/h5-7,9-10,21H,1,8,11H2,2-4H3. The molecule has 0 bridgehead atoms. The van der Waals surface area contributed by atoms with Gasteiger partial charge >= 0.3 is 5.97 Å². The molecule has 0 amide bonds. The fourth-order valence-corrected chi connectivity index (χ4v) is 3.68. The van der Waals surface area contributed by atoms with Crippen LogP contribution in [0.2, 0.25) is 5.02 Å². The lowest BCUT2D eigenvalue weighted by atomic mass is 10.1. The first-order chi connectivity index (χ1) is 13.1. The fraction of sp³-hybridized carbons (Fsp3) is 0.263. The normalized spacial score (nSPS) is 11.3. The number of carbonyl (C=O) groups excluding carboxylic acids is 2. The number of nitrogens with one attached hydrogen (secondary N) is 1. The molecule has 1 aromatic heterocycles. The Kier molecular flexibility index (Phi) is 6.82. The molecule has 1 heterocycles. The van der Waals surface area contributed by atoms with Gasteiger partial charge in [0.1, 0.15) is 0 Å². The van der Waals surface area contributed by atoms with Gasteiger partial charge in [0, 0.05) is 23.5 Å². The number of sulfonamides is 1. The van der Waals surface area contributed by atoms with Crippen molar-refractivity contribution in [2.24, 2.45) is 0 Å². The predicted octanol–water partition coefficient (Wildman–Crippen LogP) is 2.89. The summed E-state index contributed by atoms with van der Waals surface area (Å²) < 4.78 is 32.9. The van der Waals surface area contributed by atoms with Crippen LogP contribution in [0.3, 0.4) is 0 Å². The van der Waals surface area contributed by atoms with Crippen molar-refractivity contribution in [3.05, 3.63) is 64.5 Å². The van der Waals surface area contributed by atoms with Crippen LogP contribution in [-0.4, -0.2) is 38.4 Å². The van der Waals surface area contributed by atoms with E-state index in [-0.39, 0.29) is 21.3 Å². The van der Waals surface area contributed by atoms with Crippen molar-refractivity contribution in [1.29, 1.82) is 0 Å². The van der Waals surface area contributed by atoms with E-state index in [2.05, 4.69) is 11.3 Å². The first-order valence-electron chi connectivity index (χ1n) is 8.33. The Morgan fingerprint density at radius 1 is 1.25 bits per heavy atom. The number of benzene rings is 1. The second-order valence-electron chi connectivity index (χ2n) is 6.03. The van der Waals surface area contributed by atoms with Crippen molar-refractivity contribution < 1.29 is 22.7 Å². The van der Waals surface area contributed by atoms with Crippen LogP contribution in [0, 0.1) is 13.8 Å². The Hall–Kier alpha value is -2.42. The molecular formula is C19H21ClN2O5S. The fourth-order valence-electron chi connectivity index (χ4n) is 2.73. The summed E-state index contributed by atoms with van der Waals surface area (Å²) in [5, 5.41) is 0.0247. The van der Waals surface area contributed by atoms with Crippen molar-refractivity contribution in [3.8, 4) is 0 Å². The lowest BCUT2D eigenvalue weighted by Crippen LogP contribution is -2.20. The summed E-state index contributed by atoms with van der Waals surface area (Å²) >= 11 is 5.99. The maximum absolute atomic E-state index is 12.5. The number of aromatic nitrogens is 1. The van der Waals surface area contributed by atoms with Crippen molar-refractivity contribution >= 4 is 33.4 Å². The molecule has 0 saturated carbocycles. The molecule has 9 heteroatoms. The van der Waals surface area contributed by atoms with Gasteiger partial charge in [-0.15, -0.1) is 6.58 Å². The largest absolute Gasteiger partial charge is 0.454 e. The molecule has 1 N–H and O–H groups in total. The number of ether oxygens (including phenoxy) is 1. The zero-order chi connectivity index (χ0) is 21.1. The number of hydrogen-bond acceptors (Lipinski definition) is 5. The Balaban J connectivity index is 2.19. The quantitative estimate of drug-likeness (QED) is 0.399. The van der Waals surface area contributed by atoms with Crippen LogP contribution in [0.4, 0.5) is 0 Å². The summed E-state index contributed by atoms with van der Waals surface area (Å²) in [6.07, 6.45) is 1.72. The monoisotopic (exact) mass is 424 g/mol. The highest BCUT2D eigenvalue weighted by Crippen LogP contribution is 2.22. The number of allylic oxidation sites excluding steroid dienone is 1. The van der Waals surface area contributed by atoms with E-state index in [9.17, 15) is 18.0 Å². The average molecular weight is 425 g/mol. The summed E-state index contributed by atoms with van der Waals surface area (Å²) in [7, 11) is -2.50. The number of esters is 1. The molecule has 0 unspecified atom stereocenters. The van der Waals surface area contributed by atoms with Crippen LogP contribution in [0.25, 0.3) is 0 Å². The molecule has 0 radical (unpaired) electrons. The highest BCUT2D eigenvalue weighted by atomic mass is 35.5. The summed E-state index contributed by atoms with van der Waals surface area (Å²) in [6.45, 7) is 7.43. The molecule has 0 spiro atoms. The van der Waals surface area contributed by atoms with Gasteiger partial charge in [-0.05, 0) is 45.2 Å². The van der Waals surface area contributed by atoms with E-state index in [0.29, 0.717) is 12.1 Å². The molecule has 0 aliphatic carbocycles. The van der Waals surface area contributed by atoms with Crippen LogP contribution in [0.5, 0.6) is 0 Å². The summed E-state index contributed by atoms with van der Waals surface area (Å²) in [5.41, 5.74) is 1.95. The predicted molar refractivity (Wildman–Crippen MR) is 106 cm³/mol. The minimum atomic E-state index is -3.75. The SMILES string of the molecule is C=CCn1c(C)cc(C(=O)COC(=O)c2cc(S(=O)(=O)NC)ccc2Cl)c1C. The van der Waals surface area contributed by atoms with Crippen molar-refractivity contribution in [3.63, 3.8) is 0 Å². The molecular weight excluding hydrogens is 404 g/mol. The Morgan fingerprint density at radius 2 is 1.93 bits per heavy atom. The van der Waals surface area contributed by atoms with E-state index < -0.39 is 22.6 Å². The van der Waals surface area contributed by atoms with E-state index in [1.54, 1.807) is 19.1 Å². The minimum Gasteiger partial charge on any atom is -0.454 e. The molecule has 0 aliphatic rings. The van der Waals surface area contributed by atoms with Crippen LogP contribution < -0.4 is 4.72 Å². The Labute approximate surface area is 169 Å². The molecule has 7 nitrogen and oxygen atoms in total. The van der Waals surface area contributed by atoms with E-state index in [1.165, 1.54) is 19.2 Å². The smallest absolute Gasteiger partial charge is 0.340 e. The third-order valence-electron chi connectivity index (χ3n) is 4.26. The lowest BCUT2D eigenvalue weighted by molar-refractivity contribution is 0.0474. The third kappa shape index (κ3) is 4.52. The lowest BCUT2D eigenvalue weighted by Gasteiger charge is -2.09. The molecule has 2 aromatic rings. The van der Waals surface area contributed by atoms with Crippen molar-refractivity contribution in [1.82, 2.24) is 9.29 Å². The maximum Gasteiger partial charge on any atom is 0.340 e. The van der Waals surface area contributed by atoms with Crippen molar-refractivity contribution in [2.75, 3.05) is 13.7 Å². The summed E-state index contributed by atoms with van der Waals surface area (Å²) in [4.78, 5) is 24.7. The van der Waals surface area contributed by atoms with Gasteiger partial charge in [-0.3, -0.25) is 4.79 Å². The van der Waals surface area contributed by atoms with Crippen molar-refractivity contribution in [2.45, 2.75) is 25.3 Å². The third-order valence-corrected chi connectivity index (χ3v) is 6.00. The number of Topliss-reactive ketones (excluding diaryl/α,β-unsaturated/α-hetero) is 1. The summed E-state index contributed by atoms with van der Waals surface area (Å²) in [5.74, 6) is -1.25. The molecule has 28 heavy (non-hydrogen) atoms. The molecule has 150 valence electrons. The maximum atomic E-state index is 12.5. The van der Waals surface area contributed by atoms with E-state index in [4.69, 9.17) is 16.3 Å². The molecule has 0 atom stereocenters. The molecule has 0 aliphatic heterocycles. The Morgan fingerprint density at radius 3 is 2.54 bits per heavy atom. The van der Waals surface area contributed by atoms with Crippen LogP contribution in [-0.2, 0) is 21.3 Å². The topological polar surface area (TPSA) is 94.5 Å². The number of ketones is 1. The molecule has 1 aromatic carbocycles. The second-order valence-corrected chi connectivity index (χ2v) is 8.33. The van der Waals surface area contributed by atoms with Crippen LogP contribution in [0.1, 0.15) is 32.1 Å². The van der Waals surface area contributed by atoms with E-state index >= 15 is 0 Å². The zero-order valence-electron chi connectivity index (χ0n) is 15.8. The number of aryl methyl sites for hydroxylation is 1. The van der Waals surface area contributed by atoms with Gasteiger partial charge in [-0.2, -0.15) is 0 Å². The number of rotatable bonds is 8. The van der Waals surface area contributed by atoms with Gasteiger partial charge in [0.15, 0.2) is 6.61 Å². The minimum absolute atomic E-state index is 0.0247. The highest BCUT2D eigenvalue weighted by molar-refractivity contribution is 7.89. The van der Waals surface area contributed by atoms with E-state index in [0.717, 1.165) is 17.5 Å². The molecule has 0 fully saturated rings. The molecule has 2 rings (SSSR count). The first kappa shape index (κ1) is 21.9. The zero-order valence-corrected chi connectivity index (χ0v) is 17.4.